The highest BCUT2D eigenvalue weighted by molar-refractivity contribution is 5.21. The number of hydrogen-bond acceptors (Lipinski definition) is 6. The van der Waals surface area contributed by atoms with E-state index >= 15 is 0 Å². The lowest BCUT2D eigenvalue weighted by Crippen LogP contribution is -2.41. The van der Waals surface area contributed by atoms with Crippen LogP contribution >= 0.6 is 0 Å². The highest BCUT2D eigenvalue weighted by Gasteiger charge is 2.16. The van der Waals surface area contributed by atoms with Crippen molar-refractivity contribution in [2.45, 2.75) is 58.0 Å². The SMILES string of the molecule is Cc1ccc(CN(N)/C=C(\N)COC(O)NC2CCCCC2)cc1. The van der Waals surface area contributed by atoms with Crippen LogP contribution in [0.15, 0.2) is 36.2 Å². The Labute approximate surface area is 144 Å². The Morgan fingerprint density at radius 3 is 2.67 bits per heavy atom. The van der Waals surface area contributed by atoms with Crippen molar-refractivity contribution in [1.82, 2.24) is 10.3 Å². The van der Waals surface area contributed by atoms with Crippen LogP contribution in [0.1, 0.15) is 43.2 Å². The van der Waals surface area contributed by atoms with Gasteiger partial charge in [0.05, 0.1) is 18.8 Å². The maximum absolute atomic E-state index is 9.88. The van der Waals surface area contributed by atoms with E-state index in [1.54, 1.807) is 6.20 Å². The highest BCUT2D eigenvalue weighted by Crippen LogP contribution is 2.17. The lowest BCUT2D eigenvalue weighted by atomic mass is 9.96. The molecule has 6 heteroatoms. The first-order valence-electron chi connectivity index (χ1n) is 8.61. The first-order chi connectivity index (χ1) is 11.5. The first-order valence-corrected chi connectivity index (χ1v) is 8.61. The Balaban J connectivity index is 1.70. The molecule has 6 nitrogen and oxygen atoms in total. The number of ether oxygens (including phenoxy) is 1. The number of aryl methyl sites for hydroxylation is 1. The third kappa shape index (κ3) is 6.88. The van der Waals surface area contributed by atoms with E-state index in [0.29, 0.717) is 18.3 Å². The number of rotatable bonds is 8. The Bertz CT molecular complexity index is 512. The molecule has 1 saturated carbocycles. The molecule has 1 aromatic rings. The van der Waals surface area contributed by atoms with Gasteiger partial charge >= 0.3 is 0 Å². The van der Waals surface area contributed by atoms with Gasteiger partial charge in [-0.25, -0.2) is 5.84 Å². The van der Waals surface area contributed by atoms with Crippen molar-refractivity contribution in [3.63, 3.8) is 0 Å². The second kappa shape index (κ2) is 9.64. The van der Waals surface area contributed by atoms with Crippen LogP contribution in [0.5, 0.6) is 0 Å². The molecule has 0 radical (unpaired) electrons. The third-order valence-corrected chi connectivity index (χ3v) is 4.21. The molecule has 134 valence electrons. The van der Waals surface area contributed by atoms with E-state index in [1.165, 1.54) is 29.8 Å². The number of nitrogens with two attached hydrogens (primary N) is 2. The number of nitrogens with zero attached hydrogens (tertiary/aromatic N) is 1. The molecule has 0 bridgehead atoms. The van der Waals surface area contributed by atoms with Crippen LogP contribution in [0.3, 0.4) is 0 Å². The molecule has 6 N–H and O–H groups in total. The quantitative estimate of drug-likeness (QED) is 0.328. The highest BCUT2D eigenvalue weighted by atomic mass is 16.6. The Kier molecular flexibility index (Phi) is 7.52. The van der Waals surface area contributed by atoms with Gasteiger partial charge in [-0.05, 0) is 25.3 Å². The predicted molar refractivity (Wildman–Crippen MR) is 95.1 cm³/mol. The van der Waals surface area contributed by atoms with Crippen LogP contribution in [0, 0.1) is 6.92 Å². The van der Waals surface area contributed by atoms with Crippen LogP contribution in [0.4, 0.5) is 0 Å². The Morgan fingerprint density at radius 1 is 1.33 bits per heavy atom. The van der Waals surface area contributed by atoms with Crippen molar-refractivity contribution in [2.75, 3.05) is 6.61 Å². The molecular weight excluding hydrogens is 304 g/mol. The smallest absolute Gasteiger partial charge is 0.214 e. The maximum atomic E-state index is 9.88. The van der Waals surface area contributed by atoms with Crippen molar-refractivity contribution >= 4 is 0 Å². The molecule has 2 rings (SSSR count). The maximum Gasteiger partial charge on any atom is 0.214 e. The molecule has 0 aromatic heterocycles. The van der Waals surface area contributed by atoms with E-state index in [9.17, 15) is 5.11 Å². The summed E-state index contributed by atoms with van der Waals surface area (Å²) < 4.78 is 5.34. The molecule has 24 heavy (non-hydrogen) atoms. The fraction of sp³-hybridized carbons (Fsp3) is 0.556. The van der Waals surface area contributed by atoms with Crippen molar-refractivity contribution in [1.29, 1.82) is 0 Å². The average Bonchev–Trinajstić information content (AvgIpc) is 2.56. The van der Waals surface area contributed by atoms with E-state index in [1.807, 2.05) is 31.2 Å². The average molecular weight is 334 g/mol. The molecule has 1 aliphatic carbocycles. The van der Waals surface area contributed by atoms with Crippen LogP contribution in [-0.4, -0.2) is 29.2 Å². The topological polar surface area (TPSA) is 96.8 Å². The summed E-state index contributed by atoms with van der Waals surface area (Å²) in [5.41, 5.74) is 8.69. The molecular formula is C18H30N4O2. The standard InChI is InChI=1S/C18H30N4O2/c1-14-7-9-15(10-8-14)11-22(20)12-16(19)13-24-18(23)21-17-5-3-2-4-6-17/h7-10,12,17-18,21,23H,2-6,11,13,19-20H2,1H3/b16-12-. The predicted octanol–water partition coefficient (Wildman–Crippen LogP) is 1.69. The number of nitrogens with one attached hydrogen (secondary N) is 1. The van der Waals surface area contributed by atoms with Crippen molar-refractivity contribution in [3.8, 4) is 0 Å². The number of aliphatic hydroxyl groups excluding tert-OH is 1. The lowest BCUT2D eigenvalue weighted by molar-refractivity contribution is -0.120. The van der Waals surface area contributed by atoms with Crippen molar-refractivity contribution in [2.24, 2.45) is 11.6 Å². The van der Waals surface area contributed by atoms with E-state index in [-0.39, 0.29) is 6.61 Å². The van der Waals surface area contributed by atoms with Crippen molar-refractivity contribution in [3.05, 3.63) is 47.3 Å². The summed E-state index contributed by atoms with van der Waals surface area (Å²) >= 11 is 0. The van der Waals surface area contributed by atoms with Gasteiger partial charge in [-0.1, -0.05) is 49.1 Å². The molecule has 1 aromatic carbocycles. The van der Waals surface area contributed by atoms with Gasteiger partial charge in [0.2, 0.25) is 6.41 Å². The number of hydrazine groups is 1. The molecule has 0 aliphatic heterocycles. The Hall–Kier alpha value is -1.60. The minimum atomic E-state index is -0.997. The zero-order chi connectivity index (χ0) is 17.4. The summed E-state index contributed by atoms with van der Waals surface area (Å²) in [5.74, 6) is 5.94. The largest absolute Gasteiger partial charge is 0.399 e. The summed E-state index contributed by atoms with van der Waals surface area (Å²) in [4.78, 5) is 0. The van der Waals surface area contributed by atoms with Crippen molar-refractivity contribution < 1.29 is 9.84 Å². The van der Waals surface area contributed by atoms with Gasteiger partial charge < -0.3 is 20.6 Å². The van der Waals surface area contributed by atoms with E-state index in [4.69, 9.17) is 16.3 Å². The normalized spacial score (nSPS) is 17.7. The van der Waals surface area contributed by atoms with Gasteiger partial charge in [-0.3, -0.25) is 5.32 Å². The van der Waals surface area contributed by atoms with E-state index in [2.05, 4.69) is 5.32 Å². The Morgan fingerprint density at radius 2 is 2.00 bits per heavy atom. The summed E-state index contributed by atoms with van der Waals surface area (Å²) in [6, 6.07) is 8.49. The van der Waals surface area contributed by atoms with Crippen LogP contribution < -0.4 is 16.9 Å². The second-order valence-corrected chi connectivity index (χ2v) is 6.53. The third-order valence-electron chi connectivity index (χ3n) is 4.21. The monoisotopic (exact) mass is 334 g/mol. The van der Waals surface area contributed by atoms with Gasteiger partial charge in [0, 0.05) is 12.2 Å². The summed E-state index contributed by atoms with van der Waals surface area (Å²) in [6.07, 6.45) is 6.48. The fourth-order valence-corrected chi connectivity index (χ4v) is 2.89. The van der Waals surface area contributed by atoms with E-state index in [0.717, 1.165) is 18.4 Å². The van der Waals surface area contributed by atoms with Gasteiger partial charge in [-0.2, -0.15) is 0 Å². The molecule has 1 atom stereocenters. The van der Waals surface area contributed by atoms with Gasteiger partial charge in [0.25, 0.3) is 0 Å². The lowest BCUT2D eigenvalue weighted by Gasteiger charge is -2.25. The summed E-state index contributed by atoms with van der Waals surface area (Å²) in [5, 5.41) is 14.5. The minimum Gasteiger partial charge on any atom is -0.399 e. The molecule has 1 fully saturated rings. The van der Waals surface area contributed by atoms with Crippen LogP contribution in [0.2, 0.25) is 0 Å². The van der Waals surface area contributed by atoms with Gasteiger partial charge in [0.1, 0.15) is 0 Å². The fourth-order valence-electron chi connectivity index (χ4n) is 2.89. The zero-order valence-corrected chi connectivity index (χ0v) is 14.4. The minimum absolute atomic E-state index is 0.127. The molecule has 1 unspecified atom stereocenters. The summed E-state index contributed by atoms with van der Waals surface area (Å²) in [7, 11) is 0. The van der Waals surface area contributed by atoms with Crippen LogP contribution in [0.25, 0.3) is 0 Å². The molecule has 0 saturated heterocycles. The zero-order valence-electron chi connectivity index (χ0n) is 14.4. The van der Waals surface area contributed by atoms with E-state index < -0.39 is 6.41 Å². The molecule has 1 aliphatic rings. The van der Waals surface area contributed by atoms with Gasteiger partial charge in [0.15, 0.2) is 0 Å². The van der Waals surface area contributed by atoms with Gasteiger partial charge in [-0.15, -0.1) is 0 Å². The first kappa shape index (κ1) is 18.7. The number of benzene rings is 1. The molecule has 0 spiro atoms. The second-order valence-electron chi connectivity index (χ2n) is 6.53. The number of aliphatic hydroxyl groups is 1. The molecule has 0 heterocycles. The number of hydrogen-bond donors (Lipinski definition) is 4. The van der Waals surface area contributed by atoms with Crippen LogP contribution in [-0.2, 0) is 11.3 Å². The summed E-state index contributed by atoms with van der Waals surface area (Å²) in [6.45, 7) is 2.73. The molecule has 0 amide bonds.